The van der Waals surface area contributed by atoms with Gasteiger partial charge in [0, 0.05) is 40.3 Å². The number of hydrogen-bond donors (Lipinski definition) is 1. The molecule has 2 aromatic rings. The number of likely N-dealkylation sites (tertiary alicyclic amines) is 1. The molecule has 2 atom stereocenters. The number of aliphatic hydroxyl groups is 1. The molecule has 3 heterocycles. The molecule has 1 fully saturated rings. The highest BCUT2D eigenvalue weighted by Gasteiger charge is 2.25. The molecule has 1 N–H and O–H groups in total. The van der Waals surface area contributed by atoms with Crippen LogP contribution in [0.5, 0.6) is 0 Å². The highest BCUT2D eigenvalue weighted by atomic mass is 16.3. The van der Waals surface area contributed by atoms with Gasteiger partial charge in [0.2, 0.25) is 0 Å². The van der Waals surface area contributed by atoms with Crippen LogP contribution >= 0.6 is 0 Å². The molecule has 1 aliphatic rings. The minimum Gasteiger partial charge on any atom is -0.396 e. The van der Waals surface area contributed by atoms with Gasteiger partial charge in [0.05, 0.1) is 6.54 Å². The van der Waals surface area contributed by atoms with Gasteiger partial charge in [0.25, 0.3) is 5.56 Å². The number of imidazole rings is 1. The number of fused-ring (bicyclic) bond motifs is 1. The molecule has 0 spiro atoms. The molecule has 0 aliphatic carbocycles. The molecule has 144 valence electrons. The summed E-state index contributed by atoms with van der Waals surface area (Å²) in [6.45, 7) is 7.73. The number of aryl methyl sites for hydroxylation is 2. The van der Waals surface area contributed by atoms with Crippen LogP contribution in [-0.4, -0.2) is 48.4 Å². The smallest absolute Gasteiger partial charge is 0.332 e. The van der Waals surface area contributed by atoms with E-state index in [2.05, 4.69) is 23.7 Å². The summed E-state index contributed by atoms with van der Waals surface area (Å²) in [5, 5.41) is 9.26. The molecule has 1 saturated heterocycles. The van der Waals surface area contributed by atoms with Crippen LogP contribution in [0.4, 0.5) is 0 Å². The topological polar surface area (TPSA) is 85.3 Å². The van der Waals surface area contributed by atoms with E-state index in [1.165, 1.54) is 18.0 Å². The van der Waals surface area contributed by atoms with Gasteiger partial charge in [-0.25, -0.2) is 9.78 Å². The summed E-state index contributed by atoms with van der Waals surface area (Å²) >= 11 is 0. The Labute approximate surface area is 152 Å². The maximum Gasteiger partial charge on any atom is 0.332 e. The Morgan fingerprint density at radius 2 is 1.77 bits per heavy atom. The van der Waals surface area contributed by atoms with Crippen LogP contribution in [0, 0.1) is 11.8 Å². The number of piperidine rings is 1. The minimum absolute atomic E-state index is 0.0446. The Hall–Kier alpha value is -1.93. The quantitative estimate of drug-likeness (QED) is 0.826. The van der Waals surface area contributed by atoms with Crippen molar-refractivity contribution >= 4 is 11.2 Å². The zero-order valence-electron chi connectivity index (χ0n) is 16.1. The van der Waals surface area contributed by atoms with E-state index in [4.69, 9.17) is 0 Å². The van der Waals surface area contributed by atoms with E-state index in [9.17, 15) is 14.7 Å². The highest BCUT2D eigenvalue weighted by molar-refractivity contribution is 5.71. The zero-order chi connectivity index (χ0) is 19.0. The number of nitrogens with zero attached hydrogens (tertiary/aromatic N) is 5. The van der Waals surface area contributed by atoms with Crippen molar-refractivity contribution in [3.05, 3.63) is 26.7 Å². The lowest BCUT2D eigenvalue weighted by atomic mass is 9.92. The maximum atomic E-state index is 12.7. The van der Waals surface area contributed by atoms with Crippen molar-refractivity contribution in [1.82, 2.24) is 23.6 Å². The van der Waals surface area contributed by atoms with Crippen LogP contribution in [0.2, 0.25) is 0 Å². The number of hydrogen-bond acceptors (Lipinski definition) is 5. The van der Waals surface area contributed by atoms with Gasteiger partial charge in [-0.2, -0.15) is 0 Å². The fourth-order valence-corrected chi connectivity index (χ4v) is 4.20. The highest BCUT2D eigenvalue weighted by Crippen LogP contribution is 2.23. The lowest BCUT2D eigenvalue weighted by Crippen LogP contribution is -2.39. The SMILES string of the molecule is C[C@@H]1C[C@@H](C)CN(Cc2nc3c(c(=O)n(C)c(=O)n3C)n2CCCO)C1. The first-order valence-electron chi connectivity index (χ1n) is 9.31. The Morgan fingerprint density at radius 3 is 2.38 bits per heavy atom. The molecule has 2 aromatic heterocycles. The van der Waals surface area contributed by atoms with E-state index >= 15 is 0 Å². The third kappa shape index (κ3) is 3.35. The van der Waals surface area contributed by atoms with Gasteiger partial charge in [0.15, 0.2) is 11.2 Å². The molecule has 0 radical (unpaired) electrons. The fourth-order valence-electron chi connectivity index (χ4n) is 4.20. The molecule has 8 heteroatoms. The molecule has 26 heavy (non-hydrogen) atoms. The van der Waals surface area contributed by atoms with Gasteiger partial charge in [0.1, 0.15) is 5.82 Å². The molecule has 3 rings (SSSR count). The summed E-state index contributed by atoms with van der Waals surface area (Å²) in [5.74, 6) is 2.05. The molecule has 0 aromatic carbocycles. The molecule has 0 amide bonds. The van der Waals surface area contributed by atoms with Crippen molar-refractivity contribution in [3.8, 4) is 0 Å². The van der Waals surface area contributed by atoms with Crippen molar-refractivity contribution in [1.29, 1.82) is 0 Å². The lowest BCUT2D eigenvalue weighted by molar-refractivity contribution is 0.130. The predicted molar refractivity (Wildman–Crippen MR) is 100 cm³/mol. The Morgan fingerprint density at radius 1 is 1.12 bits per heavy atom. The summed E-state index contributed by atoms with van der Waals surface area (Å²) in [6, 6.07) is 0. The van der Waals surface area contributed by atoms with Crippen molar-refractivity contribution in [2.75, 3.05) is 19.7 Å². The largest absolute Gasteiger partial charge is 0.396 e. The molecule has 0 saturated carbocycles. The summed E-state index contributed by atoms with van der Waals surface area (Å²) in [6.07, 6.45) is 1.77. The molecular weight excluding hydrogens is 334 g/mol. The first-order valence-corrected chi connectivity index (χ1v) is 9.31. The minimum atomic E-state index is -0.374. The molecule has 1 aliphatic heterocycles. The molecular formula is C18H29N5O3. The van der Waals surface area contributed by atoms with Gasteiger partial charge in [-0.15, -0.1) is 0 Å². The average molecular weight is 363 g/mol. The second-order valence-electron chi connectivity index (χ2n) is 7.77. The monoisotopic (exact) mass is 363 g/mol. The van der Waals surface area contributed by atoms with Crippen LogP contribution < -0.4 is 11.2 Å². The average Bonchev–Trinajstić information content (AvgIpc) is 2.93. The van der Waals surface area contributed by atoms with Crippen molar-refractivity contribution < 1.29 is 5.11 Å². The Bertz CT molecular complexity index is 900. The standard InChI is InChI=1S/C18H29N5O3/c1-12-8-13(2)10-22(9-12)11-14-19-16-15(23(14)6-5-7-24)17(25)21(4)18(26)20(16)3/h12-13,24H,5-11H2,1-4H3/t12-,13-/m1/s1. The van der Waals surface area contributed by atoms with E-state index in [1.54, 1.807) is 7.05 Å². The summed E-state index contributed by atoms with van der Waals surface area (Å²) in [4.78, 5) is 32.0. The van der Waals surface area contributed by atoms with E-state index in [0.29, 0.717) is 42.5 Å². The lowest BCUT2D eigenvalue weighted by Gasteiger charge is -2.34. The summed E-state index contributed by atoms with van der Waals surface area (Å²) in [5.41, 5.74) is 0.154. The zero-order valence-corrected chi connectivity index (χ0v) is 16.1. The number of aliphatic hydroxyl groups excluding tert-OH is 1. The van der Waals surface area contributed by atoms with Gasteiger partial charge in [-0.3, -0.25) is 18.8 Å². The van der Waals surface area contributed by atoms with E-state index in [-0.39, 0.29) is 17.9 Å². The first-order chi connectivity index (χ1) is 12.3. The Balaban J connectivity index is 2.09. The summed E-state index contributed by atoms with van der Waals surface area (Å²) < 4.78 is 4.43. The molecule has 0 unspecified atom stereocenters. The second kappa shape index (κ2) is 7.36. The van der Waals surface area contributed by atoms with Crippen LogP contribution in [0.1, 0.15) is 32.5 Å². The van der Waals surface area contributed by atoms with Crippen molar-refractivity contribution in [3.63, 3.8) is 0 Å². The van der Waals surface area contributed by atoms with Gasteiger partial charge in [-0.1, -0.05) is 13.8 Å². The fraction of sp³-hybridized carbons (Fsp3) is 0.722. The van der Waals surface area contributed by atoms with Gasteiger partial charge < -0.3 is 9.67 Å². The second-order valence-corrected chi connectivity index (χ2v) is 7.77. The van der Waals surface area contributed by atoms with Crippen LogP contribution in [0.25, 0.3) is 11.2 Å². The molecule has 0 bridgehead atoms. The van der Waals surface area contributed by atoms with Crippen LogP contribution in [-0.2, 0) is 27.2 Å². The van der Waals surface area contributed by atoms with Gasteiger partial charge in [-0.05, 0) is 24.7 Å². The van der Waals surface area contributed by atoms with Crippen molar-refractivity contribution in [2.24, 2.45) is 25.9 Å². The van der Waals surface area contributed by atoms with E-state index < -0.39 is 0 Å². The van der Waals surface area contributed by atoms with E-state index in [1.807, 2.05) is 4.57 Å². The van der Waals surface area contributed by atoms with Crippen LogP contribution in [0.3, 0.4) is 0 Å². The number of aromatic nitrogens is 4. The Kier molecular flexibility index (Phi) is 5.34. The van der Waals surface area contributed by atoms with Gasteiger partial charge >= 0.3 is 5.69 Å². The normalized spacial score (nSPS) is 21.6. The maximum absolute atomic E-state index is 12.7. The van der Waals surface area contributed by atoms with Crippen LogP contribution in [0.15, 0.2) is 9.59 Å². The molecule has 8 nitrogen and oxygen atoms in total. The van der Waals surface area contributed by atoms with Crippen molar-refractivity contribution in [2.45, 2.75) is 39.8 Å². The summed E-state index contributed by atoms with van der Waals surface area (Å²) in [7, 11) is 3.13. The predicted octanol–water partition coefficient (Wildman–Crippen LogP) is 0.294. The van der Waals surface area contributed by atoms with E-state index in [0.717, 1.165) is 23.5 Å². The number of rotatable bonds is 5. The third-order valence-corrected chi connectivity index (χ3v) is 5.28. The third-order valence-electron chi connectivity index (χ3n) is 5.28. The first kappa shape index (κ1) is 18.8.